The van der Waals surface area contributed by atoms with Gasteiger partial charge in [-0.2, -0.15) is 0 Å². The SMILES string of the molecule is CC(=O)Nc1cccc(C(=O)N[C@H](CCc2ccccc2)C(=O)O)c1. The number of carbonyl (C=O) groups excluding carboxylic acids is 2. The highest BCUT2D eigenvalue weighted by Gasteiger charge is 2.20. The van der Waals surface area contributed by atoms with Crippen LogP contribution in [-0.2, 0) is 16.0 Å². The predicted molar refractivity (Wildman–Crippen MR) is 94.4 cm³/mol. The van der Waals surface area contributed by atoms with Gasteiger partial charge in [-0.05, 0) is 36.6 Å². The third kappa shape index (κ3) is 5.76. The van der Waals surface area contributed by atoms with E-state index in [0.29, 0.717) is 12.1 Å². The van der Waals surface area contributed by atoms with E-state index in [0.717, 1.165) is 5.56 Å². The summed E-state index contributed by atoms with van der Waals surface area (Å²) in [5.74, 6) is -1.82. The zero-order valence-corrected chi connectivity index (χ0v) is 13.9. The molecule has 25 heavy (non-hydrogen) atoms. The highest BCUT2D eigenvalue weighted by molar-refractivity contribution is 5.98. The average molecular weight is 340 g/mol. The summed E-state index contributed by atoms with van der Waals surface area (Å²) in [7, 11) is 0. The molecule has 0 aliphatic carbocycles. The van der Waals surface area contributed by atoms with E-state index < -0.39 is 17.9 Å². The Kier molecular flexibility index (Phi) is 6.28. The summed E-state index contributed by atoms with van der Waals surface area (Å²) in [6, 6.07) is 14.9. The Labute approximate surface area is 145 Å². The fourth-order valence-electron chi connectivity index (χ4n) is 2.40. The second-order valence-corrected chi connectivity index (χ2v) is 5.65. The maximum absolute atomic E-state index is 12.3. The Hall–Kier alpha value is -3.15. The minimum Gasteiger partial charge on any atom is -0.480 e. The standard InChI is InChI=1S/C19H20N2O4/c1-13(22)20-16-9-5-8-15(12-16)18(23)21-17(19(24)25)11-10-14-6-3-2-4-7-14/h2-9,12,17H,10-11H2,1H3,(H,20,22)(H,21,23)(H,24,25)/t17-/m1/s1. The van der Waals surface area contributed by atoms with E-state index in [9.17, 15) is 19.5 Å². The van der Waals surface area contributed by atoms with E-state index in [1.807, 2.05) is 30.3 Å². The van der Waals surface area contributed by atoms with E-state index in [1.165, 1.54) is 13.0 Å². The van der Waals surface area contributed by atoms with E-state index in [2.05, 4.69) is 10.6 Å². The monoisotopic (exact) mass is 340 g/mol. The average Bonchev–Trinajstić information content (AvgIpc) is 2.58. The lowest BCUT2D eigenvalue weighted by Crippen LogP contribution is -2.41. The summed E-state index contributed by atoms with van der Waals surface area (Å²) in [5, 5.41) is 14.5. The van der Waals surface area contributed by atoms with Gasteiger partial charge in [0.2, 0.25) is 5.91 Å². The molecule has 0 fully saturated rings. The molecule has 1 atom stereocenters. The molecule has 0 radical (unpaired) electrons. The molecule has 0 aliphatic heterocycles. The summed E-state index contributed by atoms with van der Waals surface area (Å²) < 4.78 is 0. The lowest BCUT2D eigenvalue weighted by atomic mass is 10.0. The quantitative estimate of drug-likeness (QED) is 0.721. The first kappa shape index (κ1) is 18.2. The predicted octanol–water partition coefficient (Wildman–Crippen LogP) is 2.46. The molecular formula is C19H20N2O4. The Morgan fingerprint density at radius 3 is 2.40 bits per heavy atom. The molecule has 0 bridgehead atoms. The van der Waals surface area contributed by atoms with Gasteiger partial charge in [0.15, 0.2) is 0 Å². The second kappa shape index (κ2) is 8.63. The number of hydrogen-bond acceptors (Lipinski definition) is 3. The van der Waals surface area contributed by atoms with Gasteiger partial charge in [-0.1, -0.05) is 36.4 Å². The Morgan fingerprint density at radius 2 is 1.76 bits per heavy atom. The summed E-state index contributed by atoms with van der Waals surface area (Å²) >= 11 is 0. The van der Waals surface area contributed by atoms with Crippen molar-refractivity contribution in [2.45, 2.75) is 25.8 Å². The number of carbonyl (C=O) groups is 3. The summed E-state index contributed by atoms with van der Waals surface area (Å²) in [5.41, 5.74) is 1.78. The van der Waals surface area contributed by atoms with Crippen LogP contribution in [0.2, 0.25) is 0 Å². The van der Waals surface area contributed by atoms with Gasteiger partial charge >= 0.3 is 5.97 Å². The number of carboxylic acids is 1. The van der Waals surface area contributed by atoms with Gasteiger partial charge in [-0.15, -0.1) is 0 Å². The van der Waals surface area contributed by atoms with Crippen molar-refractivity contribution in [2.75, 3.05) is 5.32 Å². The minimum absolute atomic E-state index is 0.246. The highest BCUT2D eigenvalue weighted by atomic mass is 16.4. The topological polar surface area (TPSA) is 95.5 Å². The molecule has 6 heteroatoms. The van der Waals surface area contributed by atoms with Crippen LogP contribution in [0.1, 0.15) is 29.3 Å². The van der Waals surface area contributed by atoms with Crippen molar-refractivity contribution in [2.24, 2.45) is 0 Å². The number of aryl methyl sites for hydroxylation is 1. The normalized spacial score (nSPS) is 11.4. The van der Waals surface area contributed by atoms with Gasteiger partial charge in [0.1, 0.15) is 6.04 Å². The maximum atomic E-state index is 12.3. The zero-order chi connectivity index (χ0) is 18.2. The third-order valence-corrected chi connectivity index (χ3v) is 3.61. The molecule has 0 aliphatic rings. The lowest BCUT2D eigenvalue weighted by molar-refractivity contribution is -0.139. The molecule has 2 aromatic rings. The molecule has 0 heterocycles. The lowest BCUT2D eigenvalue weighted by Gasteiger charge is -2.15. The molecule has 2 rings (SSSR count). The van der Waals surface area contributed by atoms with Crippen LogP contribution in [0.15, 0.2) is 54.6 Å². The molecule has 0 aromatic heterocycles. The molecule has 130 valence electrons. The number of rotatable bonds is 7. The molecule has 0 saturated heterocycles. The van der Waals surface area contributed by atoms with E-state index >= 15 is 0 Å². The van der Waals surface area contributed by atoms with E-state index in [-0.39, 0.29) is 17.9 Å². The van der Waals surface area contributed by atoms with Gasteiger partial charge in [-0.3, -0.25) is 9.59 Å². The van der Waals surface area contributed by atoms with Gasteiger partial charge in [-0.25, -0.2) is 4.79 Å². The van der Waals surface area contributed by atoms with Crippen molar-refractivity contribution in [3.63, 3.8) is 0 Å². The number of amides is 2. The number of carboxylic acid groups (broad SMARTS) is 1. The Bertz CT molecular complexity index is 759. The second-order valence-electron chi connectivity index (χ2n) is 5.65. The minimum atomic E-state index is -1.08. The third-order valence-electron chi connectivity index (χ3n) is 3.61. The van der Waals surface area contributed by atoms with Crippen molar-refractivity contribution >= 4 is 23.5 Å². The number of nitrogens with one attached hydrogen (secondary N) is 2. The maximum Gasteiger partial charge on any atom is 0.326 e. The van der Waals surface area contributed by atoms with Gasteiger partial charge in [0.25, 0.3) is 5.91 Å². The highest BCUT2D eigenvalue weighted by Crippen LogP contribution is 2.12. The van der Waals surface area contributed by atoms with Crippen molar-refractivity contribution in [1.29, 1.82) is 0 Å². The van der Waals surface area contributed by atoms with Crippen LogP contribution in [0.4, 0.5) is 5.69 Å². The molecule has 2 amide bonds. The molecule has 2 aromatic carbocycles. The smallest absolute Gasteiger partial charge is 0.326 e. The molecule has 0 unspecified atom stereocenters. The van der Waals surface area contributed by atoms with E-state index in [4.69, 9.17) is 0 Å². The molecule has 0 spiro atoms. The molecule has 3 N–H and O–H groups in total. The van der Waals surface area contributed by atoms with Crippen LogP contribution >= 0.6 is 0 Å². The fraction of sp³-hybridized carbons (Fsp3) is 0.211. The summed E-state index contributed by atoms with van der Waals surface area (Å²) in [6.45, 7) is 1.37. The first-order valence-corrected chi connectivity index (χ1v) is 7.91. The van der Waals surface area contributed by atoms with Gasteiger partial charge in [0, 0.05) is 18.2 Å². The number of benzene rings is 2. The largest absolute Gasteiger partial charge is 0.480 e. The van der Waals surface area contributed by atoms with Crippen LogP contribution in [0.3, 0.4) is 0 Å². The molecule has 6 nitrogen and oxygen atoms in total. The number of anilines is 1. The fourth-order valence-corrected chi connectivity index (χ4v) is 2.40. The van der Waals surface area contributed by atoms with Crippen LogP contribution in [-0.4, -0.2) is 28.9 Å². The van der Waals surface area contributed by atoms with Crippen molar-refractivity contribution < 1.29 is 19.5 Å². The summed E-state index contributed by atoms with van der Waals surface area (Å²) in [6.07, 6.45) is 0.834. The number of aliphatic carboxylic acids is 1. The first-order valence-electron chi connectivity index (χ1n) is 7.91. The Balaban J connectivity index is 2.02. The zero-order valence-electron chi connectivity index (χ0n) is 13.9. The van der Waals surface area contributed by atoms with Gasteiger partial charge < -0.3 is 15.7 Å². The summed E-state index contributed by atoms with van der Waals surface area (Å²) in [4.78, 5) is 34.8. The first-order chi connectivity index (χ1) is 12.0. The van der Waals surface area contributed by atoms with Crippen molar-refractivity contribution in [1.82, 2.24) is 5.32 Å². The van der Waals surface area contributed by atoms with E-state index in [1.54, 1.807) is 18.2 Å². The van der Waals surface area contributed by atoms with Crippen LogP contribution in [0.25, 0.3) is 0 Å². The van der Waals surface area contributed by atoms with Crippen LogP contribution < -0.4 is 10.6 Å². The van der Waals surface area contributed by atoms with Crippen molar-refractivity contribution in [3.05, 3.63) is 65.7 Å². The molecule has 0 saturated carbocycles. The number of hydrogen-bond donors (Lipinski definition) is 3. The van der Waals surface area contributed by atoms with Crippen LogP contribution in [0, 0.1) is 0 Å². The Morgan fingerprint density at radius 1 is 1.04 bits per heavy atom. The van der Waals surface area contributed by atoms with Gasteiger partial charge in [0.05, 0.1) is 0 Å². The van der Waals surface area contributed by atoms with Crippen LogP contribution in [0.5, 0.6) is 0 Å². The molecular weight excluding hydrogens is 320 g/mol. The van der Waals surface area contributed by atoms with Crippen molar-refractivity contribution in [3.8, 4) is 0 Å².